The van der Waals surface area contributed by atoms with Gasteiger partial charge in [-0.1, -0.05) is 110 Å². The lowest BCUT2D eigenvalue weighted by molar-refractivity contribution is -0.268. The van der Waals surface area contributed by atoms with Crippen LogP contribution in [0, 0.1) is 5.92 Å². The van der Waals surface area contributed by atoms with Crippen LogP contribution in [0.3, 0.4) is 0 Å². The number of fused-ring (bicyclic) bond motifs is 2. The molecule has 0 bridgehead atoms. The number of rotatable bonds is 9. The van der Waals surface area contributed by atoms with Crippen LogP contribution in [0.1, 0.15) is 62.3 Å². The van der Waals surface area contributed by atoms with E-state index >= 15 is 0 Å². The summed E-state index contributed by atoms with van der Waals surface area (Å²) in [5, 5.41) is 9.60. The van der Waals surface area contributed by atoms with Crippen LogP contribution in [-0.2, 0) is 22.6 Å². The Bertz CT molecular complexity index is 2110. The summed E-state index contributed by atoms with van der Waals surface area (Å²) in [4.78, 5) is 32.0. The van der Waals surface area contributed by atoms with Crippen molar-refractivity contribution >= 4 is 45.1 Å². The standard InChI is InChI=1S/C41H34N2O5S2/c1-25-35(24-49-41-42-34-11-4-5-12-36(34)50-41)47-40(48-37(25)29-15-13-26(23-44)14-16-29)30-19-17-28(18-20-30)31-8-6-7-27(21-31)22-43-38(45)32-9-2-3-10-33(32)39(43)46/h2-21,25,35,37,40,44H,22-24H2,1H3. The van der Waals surface area contributed by atoms with Crippen molar-refractivity contribution < 1.29 is 24.2 Å². The van der Waals surface area contributed by atoms with E-state index in [0.717, 1.165) is 49.0 Å². The molecule has 2 aliphatic rings. The number of carbonyl (C=O) groups excluding carboxylic acids is 2. The van der Waals surface area contributed by atoms with Gasteiger partial charge < -0.3 is 14.6 Å². The van der Waals surface area contributed by atoms with Crippen molar-refractivity contribution in [2.75, 3.05) is 5.75 Å². The number of thioether (sulfide) groups is 1. The Labute approximate surface area is 298 Å². The topological polar surface area (TPSA) is 89.0 Å². The normalized spacial score (nSPS) is 20.4. The number of aromatic nitrogens is 1. The summed E-state index contributed by atoms with van der Waals surface area (Å²) >= 11 is 3.41. The molecule has 8 rings (SSSR count). The fraction of sp³-hybridized carbons (Fsp3) is 0.195. The molecule has 1 N–H and O–H groups in total. The number of thiazole rings is 1. The molecule has 2 amide bonds. The third kappa shape index (κ3) is 6.39. The number of imide groups is 1. The summed E-state index contributed by atoms with van der Waals surface area (Å²) in [5.41, 5.74) is 7.58. The zero-order valence-corrected chi connectivity index (χ0v) is 28.9. The number of hydrogen-bond acceptors (Lipinski definition) is 8. The molecule has 0 radical (unpaired) electrons. The van der Waals surface area contributed by atoms with Gasteiger partial charge in [-0.2, -0.15) is 0 Å². The van der Waals surface area contributed by atoms with Crippen LogP contribution < -0.4 is 0 Å². The third-order valence-electron chi connectivity index (χ3n) is 9.43. The van der Waals surface area contributed by atoms with Gasteiger partial charge in [0.15, 0.2) is 10.6 Å². The summed E-state index contributed by atoms with van der Waals surface area (Å²) in [6.07, 6.45) is -0.892. The Morgan fingerprint density at radius 3 is 2.18 bits per heavy atom. The van der Waals surface area contributed by atoms with Gasteiger partial charge in [-0.05, 0) is 58.1 Å². The molecule has 2 aliphatic heterocycles. The quantitative estimate of drug-likeness (QED) is 0.119. The van der Waals surface area contributed by atoms with Crippen LogP contribution in [0.2, 0.25) is 0 Å². The van der Waals surface area contributed by atoms with Crippen LogP contribution in [0.25, 0.3) is 21.3 Å². The van der Waals surface area contributed by atoms with Crippen molar-refractivity contribution in [1.82, 2.24) is 9.88 Å². The molecule has 0 spiro atoms. The number of aliphatic hydroxyl groups excluding tert-OH is 1. The first kappa shape index (κ1) is 32.6. The highest BCUT2D eigenvalue weighted by Gasteiger charge is 2.39. The SMILES string of the molecule is CC1C(CSc2nc3ccccc3s2)OC(c2ccc(-c3cccc(CN4C(=O)c5ccccc5C4=O)c3)cc2)OC1c1ccc(CO)cc1. The van der Waals surface area contributed by atoms with Crippen molar-refractivity contribution in [3.63, 3.8) is 0 Å². The van der Waals surface area contributed by atoms with Crippen molar-refractivity contribution in [1.29, 1.82) is 0 Å². The summed E-state index contributed by atoms with van der Waals surface area (Å²) in [6.45, 7) is 2.37. The number of amides is 2. The monoisotopic (exact) mass is 698 g/mol. The molecule has 6 aromatic rings. The molecule has 1 fully saturated rings. The molecular weight excluding hydrogens is 665 g/mol. The van der Waals surface area contributed by atoms with Gasteiger partial charge in [0.05, 0.1) is 46.7 Å². The van der Waals surface area contributed by atoms with Crippen LogP contribution in [-0.4, -0.2) is 38.7 Å². The van der Waals surface area contributed by atoms with Crippen molar-refractivity contribution in [2.24, 2.45) is 5.92 Å². The number of hydrogen-bond donors (Lipinski definition) is 1. The molecule has 4 unspecified atom stereocenters. The lowest BCUT2D eigenvalue weighted by Crippen LogP contribution is -2.38. The Morgan fingerprint density at radius 1 is 0.760 bits per heavy atom. The lowest BCUT2D eigenvalue weighted by Gasteiger charge is -2.41. The lowest BCUT2D eigenvalue weighted by atomic mass is 9.91. The van der Waals surface area contributed by atoms with Gasteiger partial charge in [0.2, 0.25) is 0 Å². The highest BCUT2D eigenvalue weighted by Crippen LogP contribution is 2.44. The first-order valence-corrected chi connectivity index (χ1v) is 18.4. The predicted octanol–water partition coefficient (Wildman–Crippen LogP) is 8.84. The molecule has 250 valence electrons. The van der Waals surface area contributed by atoms with E-state index in [0.29, 0.717) is 11.1 Å². The minimum absolute atomic E-state index is 0.00739. The van der Waals surface area contributed by atoms with E-state index in [2.05, 4.69) is 25.1 Å². The molecule has 1 aromatic heterocycles. The van der Waals surface area contributed by atoms with E-state index in [9.17, 15) is 14.7 Å². The van der Waals surface area contributed by atoms with Crippen molar-refractivity contribution in [3.8, 4) is 11.1 Å². The maximum Gasteiger partial charge on any atom is 0.261 e. The number of ether oxygens (including phenoxy) is 2. The molecule has 50 heavy (non-hydrogen) atoms. The molecule has 9 heteroatoms. The molecule has 0 aliphatic carbocycles. The Balaban J connectivity index is 1.01. The van der Waals surface area contributed by atoms with Gasteiger partial charge in [-0.3, -0.25) is 14.5 Å². The molecule has 7 nitrogen and oxygen atoms in total. The number of carbonyl (C=O) groups is 2. The first-order chi connectivity index (χ1) is 24.4. The minimum Gasteiger partial charge on any atom is -0.392 e. The average molecular weight is 699 g/mol. The van der Waals surface area contributed by atoms with E-state index in [1.807, 2.05) is 78.9 Å². The van der Waals surface area contributed by atoms with Gasteiger partial charge in [0.1, 0.15) is 0 Å². The van der Waals surface area contributed by atoms with Crippen molar-refractivity contribution in [2.45, 2.75) is 42.9 Å². The Kier molecular flexibility index (Phi) is 9.07. The minimum atomic E-state index is -0.580. The summed E-state index contributed by atoms with van der Waals surface area (Å²) in [5.74, 6) is 0.268. The summed E-state index contributed by atoms with van der Waals surface area (Å²) < 4.78 is 15.6. The van der Waals surface area contributed by atoms with Gasteiger partial charge in [-0.25, -0.2) is 4.98 Å². The smallest absolute Gasteiger partial charge is 0.261 e. The van der Waals surface area contributed by atoms with Gasteiger partial charge in [0, 0.05) is 17.2 Å². The second kappa shape index (κ2) is 13.9. The van der Waals surface area contributed by atoms with Gasteiger partial charge >= 0.3 is 0 Å². The maximum absolute atomic E-state index is 13.0. The zero-order chi connectivity index (χ0) is 34.2. The number of aliphatic hydroxyl groups is 1. The van der Waals surface area contributed by atoms with E-state index in [4.69, 9.17) is 14.5 Å². The number of nitrogens with zero attached hydrogens (tertiary/aromatic N) is 2. The Hall–Kier alpha value is -4.64. The second-order valence-corrected chi connectivity index (χ2v) is 14.9. The number of para-hydroxylation sites is 1. The van der Waals surface area contributed by atoms with E-state index < -0.39 is 6.29 Å². The molecule has 0 saturated carbocycles. The van der Waals surface area contributed by atoms with E-state index in [-0.39, 0.29) is 43.1 Å². The van der Waals surface area contributed by atoms with Gasteiger partial charge in [0.25, 0.3) is 11.8 Å². The maximum atomic E-state index is 13.0. The summed E-state index contributed by atoms with van der Waals surface area (Å²) in [6, 6.07) is 39.2. The summed E-state index contributed by atoms with van der Waals surface area (Å²) in [7, 11) is 0. The second-order valence-electron chi connectivity index (χ2n) is 12.6. The average Bonchev–Trinajstić information content (AvgIpc) is 3.69. The van der Waals surface area contributed by atoms with Gasteiger partial charge in [-0.15, -0.1) is 11.3 Å². The van der Waals surface area contributed by atoms with E-state index in [1.54, 1.807) is 47.4 Å². The van der Waals surface area contributed by atoms with E-state index in [1.165, 1.54) is 9.60 Å². The van der Waals surface area contributed by atoms with Crippen LogP contribution in [0.15, 0.2) is 126 Å². The zero-order valence-electron chi connectivity index (χ0n) is 27.3. The van der Waals surface area contributed by atoms with Crippen LogP contribution in [0.4, 0.5) is 0 Å². The van der Waals surface area contributed by atoms with Crippen LogP contribution >= 0.6 is 23.1 Å². The first-order valence-electron chi connectivity index (χ1n) is 16.6. The van der Waals surface area contributed by atoms with Crippen molar-refractivity contribution in [3.05, 3.63) is 155 Å². The molecular formula is C41H34N2O5S2. The molecule has 3 heterocycles. The molecule has 5 aromatic carbocycles. The largest absolute Gasteiger partial charge is 0.392 e. The third-order valence-corrected chi connectivity index (χ3v) is 11.7. The molecule has 4 atom stereocenters. The highest BCUT2D eigenvalue weighted by atomic mass is 32.2. The van der Waals surface area contributed by atoms with Crippen LogP contribution in [0.5, 0.6) is 0 Å². The Morgan fingerprint density at radius 2 is 1.46 bits per heavy atom. The fourth-order valence-corrected chi connectivity index (χ4v) is 8.88. The highest BCUT2D eigenvalue weighted by molar-refractivity contribution is 8.01. The fourth-order valence-electron chi connectivity index (χ4n) is 6.62. The predicted molar refractivity (Wildman–Crippen MR) is 196 cm³/mol. The number of benzene rings is 5. The molecule has 1 saturated heterocycles.